The van der Waals surface area contributed by atoms with E-state index in [1.807, 2.05) is 0 Å². The van der Waals surface area contributed by atoms with Crippen LogP contribution in [0.1, 0.15) is 54.5 Å². The monoisotopic (exact) mass is 248 g/mol. The number of allylic oxidation sites excluding steroid dienone is 2. The first kappa shape index (κ1) is 12.2. The first-order valence-corrected chi connectivity index (χ1v) is 6.98. The molecule has 0 amide bonds. The van der Waals surface area contributed by atoms with Crippen LogP contribution < -0.4 is 0 Å². The Morgan fingerprint density at radius 2 is 1.42 bits per heavy atom. The highest BCUT2D eigenvalue weighted by molar-refractivity contribution is 5.93. The number of benzene rings is 2. The summed E-state index contributed by atoms with van der Waals surface area (Å²) < 4.78 is 0. The molecule has 0 N–H and O–H groups in total. The fraction of sp³-hybridized carbons (Fsp3) is 0.263. The minimum atomic E-state index is 0.457. The van der Waals surface area contributed by atoms with Gasteiger partial charge in [0.05, 0.1) is 0 Å². The Morgan fingerprint density at radius 3 is 2.21 bits per heavy atom. The number of fused-ring (bicyclic) bond motifs is 2. The predicted octanol–water partition coefficient (Wildman–Crippen LogP) is 5.41. The lowest BCUT2D eigenvalue weighted by Gasteiger charge is -2.17. The van der Waals surface area contributed by atoms with Gasteiger partial charge in [0.1, 0.15) is 0 Å². The third-order valence-corrected chi connectivity index (χ3v) is 4.54. The van der Waals surface area contributed by atoms with E-state index in [0.29, 0.717) is 5.92 Å². The lowest BCUT2D eigenvalue weighted by Crippen LogP contribution is -2.00. The van der Waals surface area contributed by atoms with Crippen molar-refractivity contribution in [3.63, 3.8) is 0 Å². The van der Waals surface area contributed by atoms with Crippen LogP contribution >= 0.6 is 0 Å². The quantitative estimate of drug-likeness (QED) is 0.584. The van der Waals surface area contributed by atoms with Crippen LogP contribution in [0.25, 0.3) is 11.1 Å². The van der Waals surface area contributed by atoms with Crippen molar-refractivity contribution in [2.75, 3.05) is 0 Å². The molecule has 1 atom stereocenters. The fourth-order valence-corrected chi connectivity index (χ4v) is 3.34. The van der Waals surface area contributed by atoms with Crippen molar-refractivity contribution in [1.82, 2.24) is 0 Å². The Labute approximate surface area is 115 Å². The lowest BCUT2D eigenvalue weighted by molar-refractivity contribution is 0.914. The summed E-state index contributed by atoms with van der Waals surface area (Å²) in [6.07, 6.45) is 0. The van der Waals surface area contributed by atoms with Crippen molar-refractivity contribution in [2.45, 2.75) is 33.6 Å². The van der Waals surface area contributed by atoms with Crippen molar-refractivity contribution in [1.29, 1.82) is 0 Å². The van der Waals surface area contributed by atoms with Gasteiger partial charge in [0.25, 0.3) is 0 Å². The zero-order valence-electron chi connectivity index (χ0n) is 12.1. The summed E-state index contributed by atoms with van der Waals surface area (Å²) >= 11 is 0. The molecule has 0 bridgehead atoms. The molecule has 0 saturated heterocycles. The van der Waals surface area contributed by atoms with Crippen LogP contribution in [0.4, 0.5) is 0 Å². The van der Waals surface area contributed by atoms with Gasteiger partial charge in [0.2, 0.25) is 0 Å². The van der Waals surface area contributed by atoms with E-state index in [0.717, 1.165) is 0 Å². The molecule has 2 aromatic rings. The van der Waals surface area contributed by atoms with Crippen molar-refractivity contribution in [3.8, 4) is 0 Å². The summed E-state index contributed by atoms with van der Waals surface area (Å²) in [5.74, 6) is 0.457. The Hall–Kier alpha value is -1.82. The van der Waals surface area contributed by atoms with Gasteiger partial charge in [-0.2, -0.15) is 0 Å². The van der Waals surface area contributed by atoms with Gasteiger partial charge in [0.15, 0.2) is 0 Å². The molecule has 1 aliphatic rings. The maximum Gasteiger partial charge on any atom is 0.00731 e. The summed E-state index contributed by atoms with van der Waals surface area (Å²) in [6.45, 7) is 9.06. The third kappa shape index (κ3) is 1.74. The second-order valence-electron chi connectivity index (χ2n) is 5.60. The highest BCUT2D eigenvalue weighted by Crippen LogP contribution is 2.42. The van der Waals surface area contributed by atoms with Crippen molar-refractivity contribution >= 4 is 11.1 Å². The van der Waals surface area contributed by atoms with Crippen LogP contribution in [0.2, 0.25) is 0 Å². The molecule has 0 aromatic heterocycles. The normalized spacial score (nSPS) is 17.8. The average molecular weight is 248 g/mol. The fourth-order valence-electron chi connectivity index (χ4n) is 3.34. The summed E-state index contributed by atoms with van der Waals surface area (Å²) in [5.41, 5.74) is 9.98. The molecule has 0 radical (unpaired) electrons. The molecule has 0 heteroatoms. The maximum atomic E-state index is 2.32. The van der Waals surface area contributed by atoms with Gasteiger partial charge in [-0.25, -0.2) is 0 Å². The maximum absolute atomic E-state index is 2.32. The van der Waals surface area contributed by atoms with Crippen molar-refractivity contribution in [3.05, 3.63) is 70.3 Å². The molecule has 2 aromatic carbocycles. The zero-order chi connectivity index (χ0) is 13.6. The number of aryl methyl sites for hydroxylation is 1. The molecule has 0 saturated carbocycles. The molecule has 0 spiro atoms. The SMILES string of the molecule is CC1=C(C)c2c(C)cccc2C(C)c2ccccc21. The van der Waals surface area contributed by atoms with Gasteiger partial charge < -0.3 is 0 Å². The summed E-state index contributed by atoms with van der Waals surface area (Å²) in [4.78, 5) is 0. The Bertz CT molecular complexity index is 674. The first-order chi connectivity index (χ1) is 9.11. The van der Waals surface area contributed by atoms with Gasteiger partial charge >= 0.3 is 0 Å². The van der Waals surface area contributed by atoms with Crippen molar-refractivity contribution in [2.24, 2.45) is 0 Å². The van der Waals surface area contributed by atoms with Crippen molar-refractivity contribution < 1.29 is 0 Å². The minimum absolute atomic E-state index is 0.457. The summed E-state index contributed by atoms with van der Waals surface area (Å²) in [6, 6.07) is 15.5. The number of hydrogen-bond acceptors (Lipinski definition) is 0. The third-order valence-electron chi connectivity index (χ3n) is 4.54. The summed E-state index contributed by atoms with van der Waals surface area (Å²) in [7, 11) is 0. The summed E-state index contributed by atoms with van der Waals surface area (Å²) in [5, 5.41) is 0. The molecule has 0 aliphatic heterocycles. The Kier molecular flexibility index (Phi) is 2.82. The lowest BCUT2D eigenvalue weighted by atomic mass is 9.87. The number of rotatable bonds is 0. The van der Waals surface area contributed by atoms with E-state index < -0.39 is 0 Å². The van der Waals surface area contributed by atoms with Gasteiger partial charge in [0, 0.05) is 5.92 Å². The molecule has 1 unspecified atom stereocenters. The zero-order valence-corrected chi connectivity index (χ0v) is 12.1. The van der Waals surface area contributed by atoms with E-state index in [4.69, 9.17) is 0 Å². The molecule has 96 valence electrons. The molecule has 0 heterocycles. The second kappa shape index (κ2) is 4.38. The van der Waals surface area contributed by atoms with E-state index in [1.54, 1.807) is 0 Å². The van der Waals surface area contributed by atoms with Crippen LogP contribution in [0, 0.1) is 6.92 Å². The van der Waals surface area contributed by atoms with E-state index in [2.05, 4.69) is 70.2 Å². The van der Waals surface area contributed by atoms with Crippen LogP contribution in [0.5, 0.6) is 0 Å². The molecule has 0 fully saturated rings. The predicted molar refractivity (Wildman–Crippen MR) is 83.3 cm³/mol. The van der Waals surface area contributed by atoms with Gasteiger partial charge in [-0.15, -0.1) is 0 Å². The second-order valence-corrected chi connectivity index (χ2v) is 5.60. The molecular weight excluding hydrogens is 228 g/mol. The average Bonchev–Trinajstić information content (AvgIpc) is 2.51. The first-order valence-electron chi connectivity index (χ1n) is 6.98. The Balaban J connectivity index is 2.42. The van der Waals surface area contributed by atoms with Gasteiger partial charge in [-0.3, -0.25) is 0 Å². The highest BCUT2D eigenvalue weighted by Gasteiger charge is 2.23. The van der Waals surface area contributed by atoms with E-state index in [9.17, 15) is 0 Å². The molecule has 1 aliphatic carbocycles. The van der Waals surface area contributed by atoms with E-state index in [1.165, 1.54) is 39.0 Å². The van der Waals surface area contributed by atoms with Crippen LogP contribution in [-0.4, -0.2) is 0 Å². The minimum Gasteiger partial charge on any atom is -0.0619 e. The smallest absolute Gasteiger partial charge is 0.00731 e. The largest absolute Gasteiger partial charge is 0.0619 e. The Morgan fingerprint density at radius 1 is 0.737 bits per heavy atom. The van der Waals surface area contributed by atoms with Crippen LogP contribution in [0.15, 0.2) is 42.5 Å². The molecule has 0 nitrogen and oxygen atoms in total. The molecule has 3 rings (SSSR count). The molecule has 19 heavy (non-hydrogen) atoms. The highest BCUT2D eigenvalue weighted by atomic mass is 14.3. The van der Waals surface area contributed by atoms with Gasteiger partial charge in [-0.1, -0.05) is 49.4 Å². The van der Waals surface area contributed by atoms with Crippen LogP contribution in [0.3, 0.4) is 0 Å². The topological polar surface area (TPSA) is 0 Å². The number of hydrogen-bond donors (Lipinski definition) is 0. The van der Waals surface area contributed by atoms with Gasteiger partial charge in [-0.05, 0) is 59.7 Å². The van der Waals surface area contributed by atoms with Crippen LogP contribution in [-0.2, 0) is 0 Å². The van der Waals surface area contributed by atoms with E-state index >= 15 is 0 Å². The molecular formula is C19H20. The standard InChI is InChI=1S/C19H20/c1-12-8-7-11-18-15(4)17-10-6-5-9-16(17)13(2)14(3)19(12)18/h5-11,15H,1-4H3. The van der Waals surface area contributed by atoms with E-state index in [-0.39, 0.29) is 0 Å².